The molecular formula is C14H19NO3. The predicted molar refractivity (Wildman–Crippen MR) is 68.5 cm³/mol. The molecule has 0 N–H and O–H groups in total. The van der Waals surface area contributed by atoms with E-state index in [0.717, 1.165) is 25.1 Å². The topological polar surface area (TPSA) is 38.8 Å². The van der Waals surface area contributed by atoms with Crippen LogP contribution in [0.3, 0.4) is 0 Å². The molecule has 98 valence electrons. The second kappa shape index (κ2) is 6.40. The minimum atomic E-state index is -0.179. The molecule has 18 heavy (non-hydrogen) atoms. The Morgan fingerprint density at radius 1 is 1.39 bits per heavy atom. The fourth-order valence-corrected chi connectivity index (χ4v) is 2.23. The van der Waals surface area contributed by atoms with E-state index in [0.29, 0.717) is 19.2 Å². The van der Waals surface area contributed by atoms with Gasteiger partial charge in [-0.2, -0.15) is 0 Å². The summed E-state index contributed by atoms with van der Waals surface area (Å²) in [5.41, 5.74) is 0. The lowest BCUT2D eigenvalue weighted by Gasteiger charge is -2.23. The fraction of sp³-hybridized carbons (Fsp3) is 0.500. The molecule has 1 fully saturated rings. The molecular weight excluding hydrogens is 230 g/mol. The molecule has 4 heteroatoms. The van der Waals surface area contributed by atoms with Gasteiger partial charge in [0.2, 0.25) is 0 Å². The van der Waals surface area contributed by atoms with Gasteiger partial charge in [0.05, 0.1) is 13.7 Å². The van der Waals surface area contributed by atoms with E-state index in [-0.39, 0.29) is 5.97 Å². The van der Waals surface area contributed by atoms with E-state index in [1.165, 1.54) is 7.11 Å². The molecule has 2 rings (SSSR count). The third-order valence-corrected chi connectivity index (χ3v) is 3.24. The van der Waals surface area contributed by atoms with Crippen molar-refractivity contribution in [1.82, 2.24) is 4.90 Å². The lowest BCUT2D eigenvalue weighted by Crippen LogP contribution is -2.38. The van der Waals surface area contributed by atoms with Gasteiger partial charge >= 0.3 is 5.97 Å². The average Bonchev–Trinajstić information content (AvgIpc) is 2.84. The van der Waals surface area contributed by atoms with E-state index < -0.39 is 0 Å². The number of ether oxygens (including phenoxy) is 2. The lowest BCUT2D eigenvalue weighted by atomic mass is 10.2. The first-order valence-electron chi connectivity index (χ1n) is 6.28. The van der Waals surface area contributed by atoms with Crippen molar-refractivity contribution in [3.63, 3.8) is 0 Å². The molecule has 0 bridgehead atoms. The number of para-hydroxylation sites is 1. The van der Waals surface area contributed by atoms with Crippen LogP contribution in [0.1, 0.15) is 12.8 Å². The summed E-state index contributed by atoms with van der Waals surface area (Å²) in [6.45, 7) is 1.93. The first kappa shape index (κ1) is 12.9. The number of carbonyl (C=O) groups excluding carboxylic acids is 1. The second-order valence-corrected chi connectivity index (χ2v) is 4.47. The Balaban J connectivity index is 1.83. The Labute approximate surface area is 107 Å². The molecule has 1 aliphatic heterocycles. The molecule has 1 heterocycles. The molecule has 1 atom stereocenters. The monoisotopic (exact) mass is 249 g/mol. The number of methoxy groups -OCH3 is 1. The van der Waals surface area contributed by atoms with Gasteiger partial charge in [-0.3, -0.25) is 9.69 Å². The molecule has 0 aliphatic carbocycles. The Kier molecular flexibility index (Phi) is 4.59. The SMILES string of the molecule is COC(=O)CN1CCC[C@H]1COc1ccccc1. The molecule has 4 nitrogen and oxygen atoms in total. The van der Waals surface area contributed by atoms with E-state index in [2.05, 4.69) is 4.90 Å². The Hall–Kier alpha value is -1.55. The maximum Gasteiger partial charge on any atom is 0.319 e. The minimum Gasteiger partial charge on any atom is -0.492 e. The maximum atomic E-state index is 11.3. The Bertz CT molecular complexity index is 380. The van der Waals surface area contributed by atoms with Crippen molar-refractivity contribution in [3.05, 3.63) is 30.3 Å². The minimum absolute atomic E-state index is 0.179. The summed E-state index contributed by atoms with van der Waals surface area (Å²) in [5, 5.41) is 0. The normalized spacial score (nSPS) is 19.7. The van der Waals surface area contributed by atoms with Gasteiger partial charge < -0.3 is 9.47 Å². The van der Waals surface area contributed by atoms with Crippen molar-refractivity contribution >= 4 is 5.97 Å². The highest BCUT2D eigenvalue weighted by Crippen LogP contribution is 2.18. The van der Waals surface area contributed by atoms with Crippen molar-refractivity contribution in [1.29, 1.82) is 0 Å². The zero-order valence-corrected chi connectivity index (χ0v) is 10.7. The summed E-state index contributed by atoms with van der Waals surface area (Å²) in [7, 11) is 1.42. The maximum absolute atomic E-state index is 11.3. The molecule has 0 saturated carbocycles. The quantitative estimate of drug-likeness (QED) is 0.745. The van der Waals surface area contributed by atoms with E-state index >= 15 is 0 Å². The van der Waals surface area contributed by atoms with E-state index in [9.17, 15) is 4.79 Å². The first-order valence-corrected chi connectivity index (χ1v) is 6.28. The van der Waals surface area contributed by atoms with E-state index in [1.807, 2.05) is 30.3 Å². The molecule has 0 aromatic heterocycles. The highest BCUT2D eigenvalue weighted by atomic mass is 16.5. The number of esters is 1. The number of hydrogen-bond acceptors (Lipinski definition) is 4. The number of carbonyl (C=O) groups is 1. The van der Waals surface area contributed by atoms with E-state index in [4.69, 9.17) is 9.47 Å². The van der Waals surface area contributed by atoms with Gasteiger partial charge in [0.1, 0.15) is 12.4 Å². The van der Waals surface area contributed by atoms with Gasteiger partial charge in [-0.15, -0.1) is 0 Å². The van der Waals surface area contributed by atoms with E-state index in [1.54, 1.807) is 0 Å². The van der Waals surface area contributed by atoms with Crippen molar-refractivity contribution in [2.45, 2.75) is 18.9 Å². The largest absolute Gasteiger partial charge is 0.492 e. The first-order chi connectivity index (χ1) is 8.79. The zero-order chi connectivity index (χ0) is 12.8. The highest BCUT2D eigenvalue weighted by Gasteiger charge is 2.26. The van der Waals surface area contributed by atoms with Crippen molar-refractivity contribution in [2.24, 2.45) is 0 Å². The summed E-state index contributed by atoms with van der Waals surface area (Å²) in [4.78, 5) is 13.4. The van der Waals surface area contributed by atoms with Crippen LogP contribution in [0.2, 0.25) is 0 Å². The number of rotatable bonds is 5. The number of hydrogen-bond donors (Lipinski definition) is 0. The molecule has 1 aromatic rings. The standard InChI is InChI=1S/C14H19NO3/c1-17-14(16)10-15-9-5-6-12(15)11-18-13-7-3-2-4-8-13/h2-4,7-8,12H,5-6,9-11H2,1H3/t12-/m0/s1. The van der Waals surface area contributed by atoms with Crippen LogP contribution in [0.25, 0.3) is 0 Å². The molecule has 1 saturated heterocycles. The highest BCUT2D eigenvalue weighted by molar-refractivity contribution is 5.71. The van der Waals surface area contributed by atoms with Gasteiger partial charge in [0.25, 0.3) is 0 Å². The summed E-state index contributed by atoms with van der Waals surface area (Å²) >= 11 is 0. The fourth-order valence-electron chi connectivity index (χ4n) is 2.23. The zero-order valence-electron chi connectivity index (χ0n) is 10.7. The van der Waals surface area contributed by atoms with Crippen LogP contribution in [0.5, 0.6) is 5.75 Å². The van der Waals surface area contributed by atoms with Crippen molar-refractivity contribution < 1.29 is 14.3 Å². The van der Waals surface area contributed by atoms with Crippen LogP contribution in [0, 0.1) is 0 Å². The third-order valence-electron chi connectivity index (χ3n) is 3.24. The van der Waals surface area contributed by atoms with Gasteiger partial charge in [-0.1, -0.05) is 18.2 Å². The molecule has 0 spiro atoms. The Morgan fingerprint density at radius 3 is 2.89 bits per heavy atom. The number of benzene rings is 1. The third kappa shape index (κ3) is 3.47. The molecule has 1 aromatic carbocycles. The van der Waals surface area contributed by atoms with Gasteiger partial charge in [0.15, 0.2) is 0 Å². The summed E-state index contributed by atoms with van der Waals surface area (Å²) in [6, 6.07) is 10.1. The molecule has 0 unspecified atom stereocenters. The lowest BCUT2D eigenvalue weighted by molar-refractivity contribution is -0.142. The van der Waals surface area contributed by atoms with Crippen molar-refractivity contribution in [3.8, 4) is 5.75 Å². The summed E-state index contributed by atoms with van der Waals surface area (Å²) in [6.07, 6.45) is 2.18. The molecule has 0 radical (unpaired) electrons. The smallest absolute Gasteiger partial charge is 0.319 e. The van der Waals surface area contributed by atoms with Crippen LogP contribution in [-0.2, 0) is 9.53 Å². The van der Waals surface area contributed by atoms with Crippen LogP contribution in [0.15, 0.2) is 30.3 Å². The van der Waals surface area contributed by atoms with Crippen molar-refractivity contribution in [2.75, 3.05) is 26.8 Å². The number of likely N-dealkylation sites (tertiary alicyclic amines) is 1. The van der Waals surface area contributed by atoms with Gasteiger partial charge in [-0.05, 0) is 31.5 Å². The van der Waals surface area contributed by atoms with Gasteiger partial charge in [-0.25, -0.2) is 0 Å². The van der Waals surface area contributed by atoms with Crippen LogP contribution >= 0.6 is 0 Å². The number of nitrogens with zero attached hydrogens (tertiary/aromatic N) is 1. The average molecular weight is 249 g/mol. The Morgan fingerprint density at radius 2 is 2.17 bits per heavy atom. The van der Waals surface area contributed by atoms with Crippen LogP contribution < -0.4 is 4.74 Å². The molecule has 1 aliphatic rings. The predicted octanol–water partition coefficient (Wildman–Crippen LogP) is 1.70. The van der Waals surface area contributed by atoms with Crippen LogP contribution in [0.4, 0.5) is 0 Å². The van der Waals surface area contributed by atoms with Gasteiger partial charge in [0, 0.05) is 6.04 Å². The molecule has 0 amide bonds. The summed E-state index contributed by atoms with van der Waals surface area (Å²) in [5.74, 6) is 0.698. The van der Waals surface area contributed by atoms with Crippen LogP contribution in [-0.4, -0.2) is 43.7 Å². The summed E-state index contributed by atoms with van der Waals surface area (Å²) < 4.78 is 10.4. The second-order valence-electron chi connectivity index (χ2n) is 4.47.